The molecule has 0 spiro atoms. The number of nitrogens with one attached hydrogen (secondary N) is 1. The molecule has 0 radical (unpaired) electrons. The highest BCUT2D eigenvalue weighted by molar-refractivity contribution is 5.94. The van der Waals surface area contributed by atoms with Crippen LogP contribution in [0.25, 0.3) is 10.9 Å². The lowest BCUT2D eigenvalue weighted by molar-refractivity contribution is 0.0601. The minimum Gasteiger partial charge on any atom is -0.465 e. The minimum absolute atomic E-state index is 0.325. The van der Waals surface area contributed by atoms with Gasteiger partial charge >= 0.3 is 5.97 Å². The van der Waals surface area contributed by atoms with Crippen molar-refractivity contribution in [3.05, 3.63) is 65.6 Å². The van der Waals surface area contributed by atoms with Crippen LogP contribution in [0.15, 0.2) is 48.7 Å². The Labute approximate surface area is 132 Å². The fourth-order valence-corrected chi connectivity index (χ4v) is 2.37. The van der Waals surface area contributed by atoms with E-state index in [1.807, 2.05) is 13.0 Å². The number of hydrogen-bond donors (Lipinski definition) is 1. The maximum atomic E-state index is 13.5. The van der Waals surface area contributed by atoms with Crippen LogP contribution in [0.4, 0.5) is 15.8 Å². The van der Waals surface area contributed by atoms with Crippen molar-refractivity contribution >= 4 is 28.2 Å². The molecule has 3 aromatic rings. The van der Waals surface area contributed by atoms with E-state index >= 15 is 0 Å². The number of rotatable bonds is 3. The summed E-state index contributed by atoms with van der Waals surface area (Å²) in [6.45, 7) is 1.92. The molecule has 0 fully saturated rings. The number of halogens is 1. The van der Waals surface area contributed by atoms with Gasteiger partial charge in [0, 0.05) is 23.0 Å². The largest absolute Gasteiger partial charge is 0.465 e. The van der Waals surface area contributed by atoms with Gasteiger partial charge < -0.3 is 10.1 Å². The van der Waals surface area contributed by atoms with Crippen LogP contribution in [0.5, 0.6) is 0 Å². The molecule has 0 unspecified atom stereocenters. The molecule has 4 nitrogen and oxygen atoms in total. The number of methoxy groups -OCH3 is 1. The second-order valence-corrected chi connectivity index (χ2v) is 5.17. The Bertz CT molecular complexity index is 893. The average molecular weight is 310 g/mol. The average Bonchev–Trinajstić information content (AvgIpc) is 2.56. The number of nitrogens with zero attached hydrogens (tertiary/aromatic N) is 1. The van der Waals surface area contributed by atoms with Gasteiger partial charge in [0.2, 0.25) is 0 Å². The molecular formula is C18H15FN2O2. The first-order valence-electron chi connectivity index (χ1n) is 7.09. The summed E-state index contributed by atoms with van der Waals surface area (Å²) < 4.78 is 18.3. The van der Waals surface area contributed by atoms with E-state index in [0.29, 0.717) is 16.5 Å². The van der Waals surface area contributed by atoms with Crippen LogP contribution in [-0.2, 0) is 4.74 Å². The van der Waals surface area contributed by atoms with Crippen LogP contribution in [-0.4, -0.2) is 18.1 Å². The van der Waals surface area contributed by atoms with E-state index in [1.165, 1.54) is 19.2 Å². The summed E-state index contributed by atoms with van der Waals surface area (Å²) in [5, 5.41) is 3.92. The van der Waals surface area contributed by atoms with Gasteiger partial charge in [-0.2, -0.15) is 0 Å². The van der Waals surface area contributed by atoms with E-state index in [9.17, 15) is 9.18 Å². The molecule has 0 amide bonds. The number of hydrogen-bond acceptors (Lipinski definition) is 4. The summed E-state index contributed by atoms with van der Waals surface area (Å²) in [4.78, 5) is 15.9. The molecule has 0 saturated heterocycles. The van der Waals surface area contributed by atoms with Gasteiger partial charge in [-0.1, -0.05) is 6.07 Å². The lowest BCUT2D eigenvalue weighted by atomic mass is 10.1. The summed E-state index contributed by atoms with van der Waals surface area (Å²) in [7, 11) is 1.34. The predicted octanol–water partition coefficient (Wildman–Crippen LogP) is 4.21. The van der Waals surface area contributed by atoms with Crippen molar-refractivity contribution in [2.75, 3.05) is 12.4 Å². The lowest BCUT2D eigenvalue weighted by Gasteiger charge is -2.13. The summed E-state index contributed by atoms with van der Waals surface area (Å²) in [5.74, 6) is -0.729. The Morgan fingerprint density at radius 2 is 1.96 bits per heavy atom. The number of carbonyl (C=O) groups excluding carboxylic acids is 1. The molecule has 1 N–H and O–H groups in total. The molecule has 0 aliphatic heterocycles. The Kier molecular flexibility index (Phi) is 3.93. The molecule has 1 heterocycles. The van der Waals surface area contributed by atoms with Crippen LogP contribution in [0.1, 0.15) is 15.9 Å². The lowest BCUT2D eigenvalue weighted by Crippen LogP contribution is -2.03. The molecule has 1 aromatic heterocycles. The van der Waals surface area contributed by atoms with Gasteiger partial charge in [0.25, 0.3) is 0 Å². The Morgan fingerprint density at radius 1 is 1.13 bits per heavy atom. The normalized spacial score (nSPS) is 10.6. The third-order valence-corrected chi connectivity index (χ3v) is 3.63. The number of esters is 1. The monoisotopic (exact) mass is 310 g/mol. The van der Waals surface area contributed by atoms with Crippen LogP contribution in [0.3, 0.4) is 0 Å². The Hall–Kier alpha value is -2.95. The summed E-state index contributed by atoms with van der Waals surface area (Å²) in [5.41, 5.74) is 3.58. The number of pyridine rings is 1. The smallest absolute Gasteiger partial charge is 0.337 e. The fourth-order valence-electron chi connectivity index (χ4n) is 2.37. The molecule has 116 valence electrons. The molecule has 5 heteroatoms. The second kappa shape index (κ2) is 6.04. The van der Waals surface area contributed by atoms with Crippen molar-refractivity contribution in [1.82, 2.24) is 4.98 Å². The number of carbonyl (C=O) groups is 1. The number of aromatic nitrogens is 1. The van der Waals surface area contributed by atoms with Gasteiger partial charge in [-0.05, 0) is 48.9 Å². The van der Waals surface area contributed by atoms with E-state index in [2.05, 4.69) is 10.3 Å². The van der Waals surface area contributed by atoms with E-state index in [1.54, 1.807) is 30.5 Å². The van der Waals surface area contributed by atoms with Gasteiger partial charge in [-0.15, -0.1) is 0 Å². The fraction of sp³-hybridized carbons (Fsp3) is 0.111. The van der Waals surface area contributed by atoms with E-state index < -0.39 is 5.97 Å². The number of aryl methyl sites for hydroxylation is 1. The molecule has 3 rings (SSSR count). The maximum absolute atomic E-state index is 13.5. The topological polar surface area (TPSA) is 51.2 Å². The minimum atomic E-state index is -0.404. The number of ether oxygens (including phenoxy) is 1. The van der Waals surface area contributed by atoms with Gasteiger partial charge in [0.1, 0.15) is 5.82 Å². The van der Waals surface area contributed by atoms with Crippen molar-refractivity contribution in [3.63, 3.8) is 0 Å². The SMILES string of the molecule is COC(=O)c1ccc(C)c(Nc2ccnc3ccc(F)cc23)c1. The summed E-state index contributed by atoms with van der Waals surface area (Å²) in [6.07, 6.45) is 1.65. The zero-order valence-electron chi connectivity index (χ0n) is 12.8. The highest BCUT2D eigenvalue weighted by Gasteiger charge is 2.10. The zero-order valence-corrected chi connectivity index (χ0v) is 12.8. The Morgan fingerprint density at radius 3 is 2.74 bits per heavy atom. The summed E-state index contributed by atoms with van der Waals surface area (Å²) >= 11 is 0. The molecule has 23 heavy (non-hydrogen) atoms. The standard InChI is InChI=1S/C18H15FN2O2/c1-11-3-4-12(18(22)23-2)9-17(11)21-16-7-8-20-15-6-5-13(19)10-14(15)16/h3-10H,1-2H3,(H,20,21). The van der Waals surface area contributed by atoms with Gasteiger partial charge in [0.05, 0.1) is 18.2 Å². The highest BCUT2D eigenvalue weighted by Crippen LogP contribution is 2.28. The van der Waals surface area contributed by atoms with Gasteiger partial charge in [-0.25, -0.2) is 9.18 Å². The molecule has 0 bridgehead atoms. The number of fused-ring (bicyclic) bond motifs is 1. The first-order valence-corrected chi connectivity index (χ1v) is 7.09. The third kappa shape index (κ3) is 2.99. The first-order chi connectivity index (χ1) is 11.1. The summed E-state index contributed by atoms with van der Waals surface area (Å²) in [6, 6.07) is 11.5. The van der Waals surface area contributed by atoms with Crippen molar-refractivity contribution in [3.8, 4) is 0 Å². The third-order valence-electron chi connectivity index (χ3n) is 3.63. The molecule has 0 aliphatic carbocycles. The van der Waals surface area contributed by atoms with Crippen molar-refractivity contribution in [2.24, 2.45) is 0 Å². The van der Waals surface area contributed by atoms with Crippen LogP contribution < -0.4 is 5.32 Å². The zero-order chi connectivity index (χ0) is 16.4. The molecule has 0 saturated carbocycles. The van der Waals surface area contributed by atoms with Crippen LogP contribution >= 0.6 is 0 Å². The maximum Gasteiger partial charge on any atom is 0.337 e. The van der Waals surface area contributed by atoms with E-state index in [0.717, 1.165) is 16.9 Å². The molecular weight excluding hydrogens is 295 g/mol. The molecule has 0 aliphatic rings. The van der Waals surface area contributed by atoms with Crippen LogP contribution in [0, 0.1) is 12.7 Å². The van der Waals surface area contributed by atoms with Gasteiger partial charge in [-0.3, -0.25) is 4.98 Å². The number of anilines is 2. The molecule has 2 aromatic carbocycles. The number of benzene rings is 2. The van der Waals surface area contributed by atoms with E-state index in [4.69, 9.17) is 4.74 Å². The highest BCUT2D eigenvalue weighted by atomic mass is 19.1. The van der Waals surface area contributed by atoms with Crippen molar-refractivity contribution < 1.29 is 13.9 Å². The van der Waals surface area contributed by atoms with Crippen molar-refractivity contribution in [2.45, 2.75) is 6.92 Å². The predicted molar refractivity (Wildman–Crippen MR) is 87.5 cm³/mol. The molecule has 0 atom stereocenters. The first kappa shape index (κ1) is 15.0. The van der Waals surface area contributed by atoms with Crippen LogP contribution in [0.2, 0.25) is 0 Å². The van der Waals surface area contributed by atoms with E-state index in [-0.39, 0.29) is 5.82 Å². The van der Waals surface area contributed by atoms with Gasteiger partial charge in [0.15, 0.2) is 0 Å². The Balaban J connectivity index is 2.05. The van der Waals surface area contributed by atoms with Crippen molar-refractivity contribution in [1.29, 1.82) is 0 Å². The quantitative estimate of drug-likeness (QED) is 0.736. The second-order valence-electron chi connectivity index (χ2n) is 5.17.